The van der Waals surface area contributed by atoms with Gasteiger partial charge in [-0.3, -0.25) is 4.79 Å². The molecule has 0 bridgehead atoms. The molecule has 0 aliphatic heterocycles. The van der Waals surface area contributed by atoms with E-state index in [0.29, 0.717) is 28.0 Å². The van der Waals surface area contributed by atoms with Crippen molar-refractivity contribution in [3.63, 3.8) is 0 Å². The monoisotopic (exact) mass is 325 g/mol. The number of nitrogens with two attached hydrogens (primary N) is 1. The highest BCUT2D eigenvalue weighted by atomic mass is 32.1. The molecule has 21 heavy (non-hydrogen) atoms. The lowest BCUT2D eigenvalue weighted by Gasteiger charge is -2.05. The predicted molar refractivity (Wildman–Crippen MR) is 83.9 cm³/mol. The summed E-state index contributed by atoms with van der Waals surface area (Å²) in [5.41, 5.74) is 6.52. The number of ether oxygens (including phenoxy) is 1. The van der Waals surface area contributed by atoms with Gasteiger partial charge in [0, 0.05) is 10.3 Å². The summed E-state index contributed by atoms with van der Waals surface area (Å²) in [6.07, 6.45) is 0.118. The van der Waals surface area contributed by atoms with E-state index in [2.05, 4.69) is 10.3 Å². The molecule has 0 saturated carbocycles. The minimum absolute atomic E-state index is 0.118. The van der Waals surface area contributed by atoms with E-state index in [9.17, 15) is 9.59 Å². The third kappa shape index (κ3) is 4.02. The van der Waals surface area contributed by atoms with Crippen molar-refractivity contribution >= 4 is 44.7 Å². The molecular weight excluding hydrogens is 310 g/mol. The number of carbonyl (C=O) groups excluding carboxylic acids is 2. The topological polar surface area (TPSA) is 94.3 Å². The second-order valence-corrected chi connectivity index (χ2v) is 6.37. The Balaban J connectivity index is 2.08. The zero-order chi connectivity index (χ0) is 15.4. The fourth-order valence-electron chi connectivity index (χ4n) is 1.71. The number of carbonyl (C=O) groups is 2. The molecule has 0 unspecified atom stereocenters. The van der Waals surface area contributed by atoms with Crippen LogP contribution in [0, 0.1) is 6.92 Å². The highest BCUT2D eigenvalue weighted by Crippen LogP contribution is 2.28. The Bertz CT molecular complexity index is 663. The average Bonchev–Trinajstić information content (AvgIpc) is 2.96. The summed E-state index contributed by atoms with van der Waals surface area (Å²) in [6.45, 7) is 3.89. The summed E-state index contributed by atoms with van der Waals surface area (Å²) in [6, 6.07) is 1.71. The Hall–Kier alpha value is -1.93. The molecule has 112 valence electrons. The van der Waals surface area contributed by atoms with Crippen molar-refractivity contribution in [2.45, 2.75) is 20.3 Å². The third-order valence-electron chi connectivity index (χ3n) is 2.51. The minimum Gasteiger partial charge on any atom is -0.462 e. The van der Waals surface area contributed by atoms with Gasteiger partial charge in [0.2, 0.25) is 5.91 Å². The van der Waals surface area contributed by atoms with E-state index in [1.807, 2.05) is 6.92 Å². The lowest BCUT2D eigenvalue weighted by atomic mass is 10.3. The number of esters is 1. The van der Waals surface area contributed by atoms with Crippen molar-refractivity contribution in [2.75, 3.05) is 17.7 Å². The van der Waals surface area contributed by atoms with Gasteiger partial charge in [-0.1, -0.05) is 0 Å². The predicted octanol–water partition coefficient (Wildman–Crippen LogP) is 2.45. The van der Waals surface area contributed by atoms with Crippen molar-refractivity contribution in [1.29, 1.82) is 0 Å². The van der Waals surface area contributed by atoms with E-state index in [4.69, 9.17) is 10.5 Å². The molecular formula is C13H15N3O3S2. The summed E-state index contributed by atoms with van der Waals surface area (Å²) < 4.78 is 4.97. The second kappa shape index (κ2) is 6.68. The van der Waals surface area contributed by atoms with E-state index in [-0.39, 0.29) is 12.3 Å². The summed E-state index contributed by atoms with van der Waals surface area (Å²) in [5, 5.41) is 5.39. The largest absolute Gasteiger partial charge is 0.462 e. The molecule has 2 rings (SSSR count). The molecule has 2 aromatic heterocycles. The molecule has 0 spiro atoms. The number of anilines is 2. The fraction of sp³-hybridized carbons (Fsp3) is 0.308. The minimum atomic E-state index is -0.435. The maximum absolute atomic E-state index is 12.0. The number of amides is 1. The van der Waals surface area contributed by atoms with Gasteiger partial charge in [-0.15, -0.1) is 22.7 Å². The lowest BCUT2D eigenvalue weighted by molar-refractivity contribution is -0.115. The number of aryl methyl sites for hydroxylation is 1. The number of rotatable bonds is 5. The van der Waals surface area contributed by atoms with Crippen LogP contribution in [0.3, 0.4) is 0 Å². The molecule has 2 heterocycles. The van der Waals surface area contributed by atoms with Gasteiger partial charge >= 0.3 is 5.97 Å². The third-order valence-corrected chi connectivity index (χ3v) is 4.20. The molecule has 0 aliphatic rings. The summed E-state index contributed by atoms with van der Waals surface area (Å²) >= 11 is 2.62. The van der Waals surface area contributed by atoms with Crippen molar-refractivity contribution in [1.82, 2.24) is 4.98 Å². The van der Waals surface area contributed by atoms with Gasteiger partial charge in [0.15, 0.2) is 5.13 Å². The van der Waals surface area contributed by atoms with Gasteiger partial charge in [-0.25, -0.2) is 9.78 Å². The van der Waals surface area contributed by atoms with Crippen LogP contribution in [0.5, 0.6) is 0 Å². The molecule has 1 amide bonds. The zero-order valence-electron chi connectivity index (χ0n) is 11.6. The number of nitrogen functional groups attached to an aromatic ring is 1. The van der Waals surface area contributed by atoms with Crippen LogP contribution in [-0.4, -0.2) is 23.5 Å². The van der Waals surface area contributed by atoms with Crippen LogP contribution in [0.1, 0.15) is 27.9 Å². The van der Waals surface area contributed by atoms with Gasteiger partial charge < -0.3 is 15.8 Å². The Kier molecular flexibility index (Phi) is 4.92. The van der Waals surface area contributed by atoms with Gasteiger partial charge in [0.25, 0.3) is 0 Å². The van der Waals surface area contributed by atoms with Crippen LogP contribution in [0.2, 0.25) is 0 Å². The maximum atomic E-state index is 12.0. The van der Waals surface area contributed by atoms with E-state index in [1.54, 1.807) is 18.4 Å². The Morgan fingerprint density at radius 2 is 2.24 bits per heavy atom. The van der Waals surface area contributed by atoms with E-state index in [1.165, 1.54) is 22.7 Å². The Morgan fingerprint density at radius 1 is 1.48 bits per heavy atom. The number of nitrogens with one attached hydrogen (secondary N) is 1. The molecule has 8 heteroatoms. The van der Waals surface area contributed by atoms with Crippen LogP contribution in [0.25, 0.3) is 0 Å². The highest BCUT2D eigenvalue weighted by molar-refractivity contribution is 7.16. The highest BCUT2D eigenvalue weighted by Gasteiger charge is 2.18. The van der Waals surface area contributed by atoms with Crippen LogP contribution in [0.4, 0.5) is 10.1 Å². The van der Waals surface area contributed by atoms with E-state index >= 15 is 0 Å². The van der Waals surface area contributed by atoms with Gasteiger partial charge in [-0.2, -0.15) is 0 Å². The van der Waals surface area contributed by atoms with Gasteiger partial charge in [0.1, 0.15) is 5.00 Å². The number of hydrogen-bond acceptors (Lipinski definition) is 7. The quantitative estimate of drug-likeness (QED) is 0.824. The fourth-order valence-corrected chi connectivity index (χ4v) is 3.19. The van der Waals surface area contributed by atoms with E-state index < -0.39 is 5.97 Å². The van der Waals surface area contributed by atoms with Crippen LogP contribution < -0.4 is 11.1 Å². The number of thiophene rings is 1. The first-order chi connectivity index (χ1) is 9.99. The van der Waals surface area contributed by atoms with Crippen molar-refractivity contribution in [3.05, 3.63) is 27.6 Å². The molecule has 0 fully saturated rings. The standard InChI is InChI=1S/C13H15N3O3S2/c1-3-19-12(18)9-4-7(2)21-11(9)16-10(17)5-8-6-20-13(14)15-8/h4,6H,3,5H2,1-2H3,(H2,14,15)(H,16,17). The summed E-state index contributed by atoms with van der Waals surface area (Å²) in [4.78, 5) is 28.8. The normalized spacial score (nSPS) is 10.4. The summed E-state index contributed by atoms with van der Waals surface area (Å²) in [7, 11) is 0. The van der Waals surface area contributed by atoms with Crippen LogP contribution >= 0.6 is 22.7 Å². The molecule has 0 saturated heterocycles. The first-order valence-electron chi connectivity index (χ1n) is 6.27. The number of aromatic nitrogens is 1. The first kappa shape index (κ1) is 15.5. The maximum Gasteiger partial charge on any atom is 0.341 e. The van der Waals surface area contributed by atoms with Crippen LogP contribution in [-0.2, 0) is 16.0 Å². The molecule has 0 atom stereocenters. The second-order valence-electron chi connectivity index (χ2n) is 4.22. The Labute approximate surface area is 130 Å². The lowest BCUT2D eigenvalue weighted by Crippen LogP contribution is -2.16. The smallest absolute Gasteiger partial charge is 0.341 e. The molecule has 6 nitrogen and oxygen atoms in total. The van der Waals surface area contributed by atoms with Gasteiger partial charge in [0.05, 0.1) is 24.3 Å². The summed E-state index contributed by atoms with van der Waals surface area (Å²) in [5.74, 6) is -0.678. The number of nitrogens with zero attached hydrogens (tertiary/aromatic N) is 1. The van der Waals surface area contributed by atoms with Crippen molar-refractivity contribution in [2.24, 2.45) is 0 Å². The van der Waals surface area contributed by atoms with E-state index in [0.717, 1.165) is 4.88 Å². The van der Waals surface area contributed by atoms with Crippen molar-refractivity contribution < 1.29 is 14.3 Å². The van der Waals surface area contributed by atoms with Gasteiger partial charge in [-0.05, 0) is 19.9 Å². The zero-order valence-corrected chi connectivity index (χ0v) is 13.3. The Morgan fingerprint density at radius 3 is 2.86 bits per heavy atom. The molecule has 0 radical (unpaired) electrons. The molecule has 0 aliphatic carbocycles. The first-order valence-corrected chi connectivity index (χ1v) is 7.96. The molecule has 3 N–H and O–H groups in total. The SMILES string of the molecule is CCOC(=O)c1cc(C)sc1NC(=O)Cc1csc(N)n1. The molecule has 2 aromatic rings. The molecule has 0 aromatic carbocycles. The number of thiazole rings is 1. The van der Waals surface area contributed by atoms with Crippen molar-refractivity contribution in [3.8, 4) is 0 Å². The van der Waals surface area contributed by atoms with Crippen LogP contribution in [0.15, 0.2) is 11.4 Å². The average molecular weight is 325 g/mol. The number of hydrogen-bond donors (Lipinski definition) is 2.